The number of rotatable bonds is 6. The highest BCUT2D eigenvalue weighted by Crippen LogP contribution is 2.70. The number of hydrogen-bond acceptors (Lipinski definition) is 7. The molecule has 5 rings (SSSR count). The molecule has 0 spiro atoms. The predicted molar refractivity (Wildman–Crippen MR) is 123 cm³/mol. The Bertz CT molecular complexity index is 1130. The summed E-state index contributed by atoms with van der Waals surface area (Å²) in [5.41, 5.74) is 1.19. The average molecular weight is 454 g/mol. The molecule has 1 aromatic heterocycles. The molecule has 1 amide bonds. The van der Waals surface area contributed by atoms with E-state index in [1.54, 1.807) is 6.07 Å². The molecule has 2 bridgehead atoms. The van der Waals surface area contributed by atoms with E-state index in [0.29, 0.717) is 29.7 Å². The maximum atomic E-state index is 13.8. The van der Waals surface area contributed by atoms with E-state index in [2.05, 4.69) is 31.0 Å². The second-order valence-corrected chi connectivity index (χ2v) is 10.3. The van der Waals surface area contributed by atoms with Crippen molar-refractivity contribution in [2.45, 2.75) is 50.9 Å². The van der Waals surface area contributed by atoms with Crippen LogP contribution in [-0.2, 0) is 20.4 Å². The van der Waals surface area contributed by atoms with Gasteiger partial charge in [-0.25, -0.2) is 9.97 Å². The lowest BCUT2D eigenvalue weighted by molar-refractivity contribution is -0.384. The van der Waals surface area contributed by atoms with Gasteiger partial charge in [-0.3, -0.25) is 19.8 Å². The molecule has 33 heavy (non-hydrogen) atoms. The van der Waals surface area contributed by atoms with Gasteiger partial charge in [0.2, 0.25) is 5.91 Å². The highest BCUT2D eigenvalue weighted by Gasteiger charge is 2.73. The number of morpholine rings is 1. The lowest BCUT2D eigenvalue weighted by Gasteiger charge is -2.39. The van der Waals surface area contributed by atoms with Crippen LogP contribution in [0.4, 0.5) is 5.69 Å². The van der Waals surface area contributed by atoms with Gasteiger partial charge < -0.3 is 10.1 Å². The fraction of sp³-hybridized carbons (Fsp3) is 0.625. The number of benzene rings is 1. The summed E-state index contributed by atoms with van der Waals surface area (Å²) in [5.74, 6) is -0.00367. The van der Waals surface area contributed by atoms with E-state index in [1.165, 1.54) is 12.1 Å². The van der Waals surface area contributed by atoms with Gasteiger partial charge in [0.05, 0.1) is 46.0 Å². The lowest BCUT2D eigenvalue weighted by atomic mass is 9.63. The fourth-order valence-electron chi connectivity index (χ4n) is 6.19. The minimum atomic E-state index is -0.790. The van der Waals surface area contributed by atoms with Crippen molar-refractivity contribution in [3.8, 4) is 0 Å². The van der Waals surface area contributed by atoms with Crippen molar-refractivity contribution in [1.82, 2.24) is 20.2 Å². The average Bonchev–Trinajstić information content (AvgIpc) is 3.10. The summed E-state index contributed by atoms with van der Waals surface area (Å²) in [6.45, 7) is 11.4. The molecule has 9 nitrogen and oxygen atoms in total. The number of nitro benzene ring substituents is 1. The van der Waals surface area contributed by atoms with Crippen molar-refractivity contribution in [2.24, 2.45) is 5.41 Å². The molecule has 2 aliphatic carbocycles. The number of nitrogens with zero attached hydrogens (tertiary/aromatic N) is 4. The summed E-state index contributed by atoms with van der Waals surface area (Å²) in [7, 11) is 0. The first-order valence-electron chi connectivity index (χ1n) is 11.8. The van der Waals surface area contributed by atoms with Gasteiger partial charge in [-0.05, 0) is 37.3 Å². The number of ether oxygens (including phenoxy) is 1. The highest BCUT2D eigenvalue weighted by molar-refractivity contribution is 5.93. The van der Waals surface area contributed by atoms with E-state index in [0.717, 1.165) is 51.4 Å². The summed E-state index contributed by atoms with van der Waals surface area (Å²) >= 11 is 0. The first-order chi connectivity index (χ1) is 15.7. The zero-order valence-corrected chi connectivity index (χ0v) is 19.5. The van der Waals surface area contributed by atoms with Crippen LogP contribution in [0.25, 0.3) is 11.0 Å². The van der Waals surface area contributed by atoms with Gasteiger partial charge in [-0.1, -0.05) is 20.8 Å². The van der Waals surface area contributed by atoms with Crippen molar-refractivity contribution < 1.29 is 14.5 Å². The van der Waals surface area contributed by atoms with Gasteiger partial charge in [0, 0.05) is 37.2 Å². The Morgan fingerprint density at radius 1 is 1.15 bits per heavy atom. The number of non-ortho nitro benzene ring substituents is 1. The number of carbonyl (C=O) groups excluding carboxylic acids is 1. The molecule has 2 unspecified atom stereocenters. The summed E-state index contributed by atoms with van der Waals surface area (Å²) in [5, 5.41) is 14.5. The number of nitro groups is 1. The van der Waals surface area contributed by atoms with E-state index in [1.807, 2.05) is 0 Å². The molecule has 1 saturated carbocycles. The quantitative estimate of drug-likeness (QED) is 0.407. The maximum Gasteiger partial charge on any atom is 0.271 e. The molecular formula is C24H31N5O4. The highest BCUT2D eigenvalue weighted by atomic mass is 16.6. The zero-order valence-electron chi connectivity index (χ0n) is 19.5. The van der Waals surface area contributed by atoms with E-state index in [9.17, 15) is 14.9 Å². The molecule has 1 saturated heterocycles. The Balaban J connectivity index is 1.45. The minimum Gasteiger partial charge on any atom is -0.379 e. The van der Waals surface area contributed by atoms with E-state index >= 15 is 0 Å². The smallest absolute Gasteiger partial charge is 0.271 e. The van der Waals surface area contributed by atoms with Crippen LogP contribution in [0.15, 0.2) is 18.2 Å². The Morgan fingerprint density at radius 2 is 1.88 bits per heavy atom. The summed E-state index contributed by atoms with van der Waals surface area (Å²) < 4.78 is 5.40. The second-order valence-electron chi connectivity index (χ2n) is 10.3. The van der Waals surface area contributed by atoms with Crippen LogP contribution in [0, 0.1) is 15.5 Å². The first kappa shape index (κ1) is 22.2. The molecule has 3 aliphatic rings. The molecule has 1 N–H and O–H groups in total. The van der Waals surface area contributed by atoms with Crippen molar-refractivity contribution in [2.75, 3.05) is 39.4 Å². The molecule has 1 aliphatic heterocycles. The number of fused-ring (bicyclic) bond motifs is 6. The standard InChI is InChI=1S/C24H31N5O4/c1-22(2)23(3)7-8-24(22,21(30)25-9-4-10-28-11-13-33-14-12-28)20-19(23)26-17-6-5-16(29(31)32)15-18(17)27-20/h5-6,15H,4,7-14H2,1-3H3,(H,25,30). The number of amides is 1. The van der Waals surface area contributed by atoms with E-state index in [-0.39, 0.29) is 22.4 Å². The van der Waals surface area contributed by atoms with Crippen molar-refractivity contribution >= 4 is 22.6 Å². The molecule has 2 aromatic rings. The normalized spacial score (nSPS) is 28.1. The molecule has 1 aromatic carbocycles. The first-order valence-corrected chi connectivity index (χ1v) is 11.8. The van der Waals surface area contributed by atoms with Gasteiger partial charge >= 0.3 is 0 Å². The minimum absolute atomic E-state index is 0.00367. The topological polar surface area (TPSA) is 110 Å². The molecule has 2 fully saturated rings. The third-order valence-electron chi connectivity index (χ3n) is 8.66. The Morgan fingerprint density at radius 3 is 2.61 bits per heavy atom. The SMILES string of the molecule is CC12CCC(C(=O)NCCCN3CCOCC3)(c3nc4cc([N+](=O)[O-])ccc4nc31)C2(C)C. The largest absolute Gasteiger partial charge is 0.379 e. The van der Waals surface area contributed by atoms with Gasteiger partial charge in [0.1, 0.15) is 0 Å². The summed E-state index contributed by atoms with van der Waals surface area (Å²) in [6, 6.07) is 4.57. The van der Waals surface area contributed by atoms with Gasteiger partial charge in [-0.2, -0.15) is 0 Å². The Hall–Kier alpha value is -2.65. The lowest BCUT2D eigenvalue weighted by Crippen LogP contribution is -2.51. The Kier molecular flexibility index (Phi) is 5.17. The predicted octanol–water partition coefficient (Wildman–Crippen LogP) is 2.71. The second kappa shape index (κ2) is 7.70. The van der Waals surface area contributed by atoms with E-state index in [4.69, 9.17) is 14.7 Å². The van der Waals surface area contributed by atoms with Crippen LogP contribution < -0.4 is 5.32 Å². The van der Waals surface area contributed by atoms with Crippen molar-refractivity contribution in [3.63, 3.8) is 0 Å². The van der Waals surface area contributed by atoms with E-state index < -0.39 is 10.3 Å². The number of carbonyl (C=O) groups is 1. The zero-order chi connectivity index (χ0) is 23.4. The Labute approximate surface area is 193 Å². The van der Waals surface area contributed by atoms with Gasteiger partial charge in [0.15, 0.2) is 0 Å². The molecule has 2 atom stereocenters. The molecule has 0 radical (unpaired) electrons. The van der Waals surface area contributed by atoms with Crippen molar-refractivity contribution in [3.05, 3.63) is 39.7 Å². The number of nitrogens with one attached hydrogen (secondary N) is 1. The molecule has 2 heterocycles. The van der Waals surface area contributed by atoms with Crippen LogP contribution in [0.1, 0.15) is 51.4 Å². The third-order valence-corrected chi connectivity index (χ3v) is 8.66. The number of hydrogen-bond donors (Lipinski definition) is 1. The van der Waals surface area contributed by atoms with Crippen LogP contribution in [0.5, 0.6) is 0 Å². The van der Waals surface area contributed by atoms with Crippen LogP contribution >= 0.6 is 0 Å². The van der Waals surface area contributed by atoms with Gasteiger partial charge in [0.25, 0.3) is 5.69 Å². The maximum absolute atomic E-state index is 13.8. The van der Waals surface area contributed by atoms with Crippen LogP contribution in [0.3, 0.4) is 0 Å². The fourth-order valence-corrected chi connectivity index (χ4v) is 6.19. The summed E-state index contributed by atoms with van der Waals surface area (Å²) in [6.07, 6.45) is 2.44. The molecule has 9 heteroatoms. The number of aromatic nitrogens is 2. The molecule has 176 valence electrons. The molecular weight excluding hydrogens is 422 g/mol. The third kappa shape index (κ3) is 3.09. The summed E-state index contributed by atoms with van der Waals surface area (Å²) in [4.78, 5) is 36.8. The van der Waals surface area contributed by atoms with Gasteiger partial charge in [-0.15, -0.1) is 0 Å². The monoisotopic (exact) mass is 453 g/mol. The van der Waals surface area contributed by atoms with Crippen molar-refractivity contribution in [1.29, 1.82) is 0 Å². The van der Waals surface area contributed by atoms with Crippen LogP contribution in [-0.4, -0.2) is 65.1 Å². The van der Waals surface area contributed by atoms with Crippen LogP contribution in [0.2, 0.25) is 0 Å².